The number of fused-ring (bicyclic) bond motifs is 1. The summed E-state index contributed by atoms with van der Waals surface area (Å²) in [7, 11) is -4.38. The highest BCUT2D eigenvalue weighted by Gasteiger charge is 2.38. The molecule has 0 amide bonds. The highest BCUT2D eigenvalue weighted by Crippen LogP contribution is 2.52. The summed E-state index contributed by atoms with van der Waals surface area (Å²) in [5, 5.41) is 0.714. The molecule has 4 aromatic rings. The zero-order valence-corrected chi connectivity index (χ0v) is 23.4. The molecule has 204 valence electrons. The van der Waals surface area contributed by atoms with E-state index in [0.717, 1.165) is 5.56 Å². The van der Waals surface area contributed by atoms with E-state index < -0.39 is 19.5 Å². The minimum absolute atomic E-state index is 0.0593. The van der Waals surface area contributed by atoms with Gasteiger partial charge in [-0.3, -0.25) is 0 Å². The van der Waals surface area contributed by atoms with Gasteiger partial charge in [0, 0.05) is 28.0 Å². The number of aryl methyl sites for hydroxylation is 1. The van der Waals surface area contributed by atoms with E-state index >= 15 is 0 Å². The molecule has 0 aliphatic rings. The first-order chi connectivity index (χ1) is 19.1. The lowest BCUT2D eigenvalue weighted by molar-refractivity contribution is -0.131. The number of para-hydroxylation sites is 2. The van der Waals surface area contributed by atoms with Crippen molar-refractivity contribution in [2.45, 2.75) is 27.2 Å². The van der Waals surface area contributed by atoms with Crippen LogP contribution in [0.2, 0.25) is 0 Å². The number of benzene rings is 4. The van der Waals surface area contributed by atoms with Gasteiger partial charge in [-0.1, -0.05) is 68.6 Å². The van der Waals surface area contributed by atoms with E-state index in [-0.39, 0.29) is 39.4 Å². The molecule has 4 aromatic carbocycles. The van der Waals surface area contributed by atoms with Crippen LogP contribution in [0, 0.1) is 0 Å². The zero-order chi connectivity index (χ0) is 28.9. The van der Waals surface area contributed by atoms with Crippen LogP contribution in [0.1, 0.15) is 26.3 Å². The molecule has 0 spiro atoms. The molecule has 0 bridgehead atoms. The number of rotatable bonds is 10. The van der Waals surface area contributed by atoms with Crippen molar-refractivity contribution in [2.24, 2.45) is 0 Å². The molecule has 4 rings (SSSR count). The summed E-state index contributed by atoms with van der Waals surface area (Å²) >= 11 is 0. The Hall–Kier alpha value is -4.61. The second kappa shape index (κ2) is 12.1. The van der Waals surface area contributed by atoms with Crippen molar-refractivity contribution < 1.29 is 32.7 Å². The van der Waals surface area contributed by atoms with Gasteiger partial charge in [0.05, 0.1) is 0 Å². The van der Waals surface area contributed by atoms with Gasteiger partial charge in [-0.2, -0.15) is 0 Å². The van der Waals surface area contributed by atoms with Gasteiger partial charge < -0.3 is 18.5 Å². The Morgan fingerprint density at radius 1 is 0.725 bits per heavy atom. The summed E-state index contributed by atoms with van der Waals surface area (Å²) in [4.78, 5) is 25.5. The minimum atomic E-state index is -4.38. The lowest BCUT2D eigenvalue weighted by atomic mass is 10.0. The smallest absolute Gasteiger partial charge is 0.422 e. The van der Waals surface area contributed by atoms with E-state index in [0.29, 0.717) is 17.2 Å². The van der Waals surface area contributed by atoms with Gasteiger partial charge in [-0.25, -0.2) is 14.2 Å². The Bertz CT molecular complexity index is 1600. The molecule has 0 saturated carbocycles. The van der Waals surface area contributed by atoms with Gasteiger partial charge >= 0.3 is 19.5 Å². The first kappa shape index (κ1) is 28.4. The van der Waals surface area contributed by atoms with Gasteiger partial charge in [0.1, 0.15) is 22.6 Å². The maximum atomic E-state index is 14.8. The van der Waals surface area contributed by atoms with Crippen molar-refractivity contribution in [2.75, 3.05) is 0 Å². The Kier molecular flexibility index (Phi) is 8.56. The fraction of sp³-hybridized carbons (Fsp3) is 0.125. The fourth-order valence-electron chi connectivity index (χ4n) is 3.74. The maximum Gasteiger partial charge on any atom is 0.466 e. The number of hydrogen-bond acceptors (Lipinski definition) is 7. The summed E-state index contributed by atoms with van der Waals surface area (Å²) in [6.45, 7) is 12.3. The molecule has 0 N–H and O–H groups in total. The molecular formula is C32H29O7P. The number of esters is 2. The Morgan fingerprint density at radius 2 is 1.25 bits per heavy atom. The summed E-state index contributed by atoms with van der Waals surface area (Å²) in [5.41, 5.74) is 1.24. The second-order valence-corrected chi connectivity index (χ2v) is 10.9. The average molecular weight is 557 g/mol. The van der Waals surface area contributed by atoms with Crippen molar-refractivity contribution >= 4 is 35.6 Å². The third-order valence-corrected chi connectivity index (χ3v) is 7.65. The lowest BCUT2D eigenvalue weighted by Crippen LogP contribution is -2.22. The number of hydrogen-bond donors (Lipinski definition) is 0. The van der Waals surface area contributed by atoms with Crippen molar-refractivity contribution in [3.8, 4) is 23.0 Å². The zero-order valence-electron chi connectivity index (χ0n) is 22.5. The van der Waals surface area contributed by atoms with Crippen LogP contribution >= 0.6 is 7.60 Å². The quantitative estimate of drug-likeness (QED) is 0.0874. The maximum absolute atomic E-state index is 14.8. The van der Waals surface area contributed by atoms with E-state index in [1.54, 1.807) is 66.7 Å². The molecule has 8 heteroatoms. The van der Waals surface area contributed by atoms with Crippen molar-refractivity contribution in [3.05, 3.63) is 115 Å². The van der Waals surface area contributed by atoms with Gasteiger partial charge in [-0.05, 0) is 56.2 Å². The van der Waals surface area contributed by atoms with Crippen molar-refractivity contribution in [1.82, 2.24) is 0 Å². The summed E-state index contributed by atoms with van der Waals surface area (Å²) in [5.74, 6) is -0.891. The van der Waals surface area contributed by atoms with Crippen LogP contribution in [0.15, 0.2) is 109 Å². The third-order valence-electron chi connectivity index (χ3n) is 5.83. The van der Waals surface area contributed by atoms with Crippen molar-refractivity contribution in [1.29, 1.82) is 0 Å². The molecule has 0 unspecified atom stereocenters. The average Bonchev–Trinajstić information content (AvgIpc) is 2.94. The van der Waals surface area contributed by atoms with E-state index in [2.05, 4.69) is 13.2 Å². The largest absolute Gasteiger partial charge is 0.466 e. The van der Waals surface area contributed by atoms with Crippen LogP contribution in [0.5, 0.6) is 23.0 Å². The molecule has 0 aromatic heterocycles. The van der Waals surface area contributed by atoms with Crippen LogP contribution in [0.25, 0.3) is 10.8 Å². The highest BCUT2D eigenvalue weighted by atomic mass is 31.2. The normalized spacial score (nSPS) is 11.0. The predicted octanol–water partition coefficient (Wildman–Crippen LogP) is 7.34. The molecule has 0 radical (unpaired) electrons. The van der Waals surface area contributed by atoms with Crippen molar-refractivity contribution in [3.63, 3.8) is 0 Å². The molecule has 0 saturated heterocycles. The van der Waals surface area contributed by atoms with E-state index in [4.69, 9.17) is 18.5 Å². The standard InChI is InChI=1S/C32H29O7P/c1-6-23-17-18-26-27(19-23)28(36-31(33)21(2)3)20-29(30(26)37-32(34)22(4)5)40(35,38-24-13-9-7-10-14-24)39-25-15-11-8-12-16-25/h7-20H,2,4,6H2,1,3,5H3. The lowest BCUT2D eigenvalue weighted by Gasteiger charge is -2.24. The molecule has 7 nitrogen and oxygen atoms in total. The Balaban J connectivity index is 2.05. The summed E-state index contributed by atoms with van der Waals surface area (Å²) in [6.07, 6.45) is 0.694. The molecular weight excluding hydrogens is 527 g/mol. The predicted molar refractivity (Wildman–Crippen MR) is 156 cm³/mol. The SMILES string of the molecule is C=C(C)C(=O)Oc1cc(P(=O)(Oc2ccccc2)Oc2ccccc2)c(OC(=O)C(=C)C)c2ccc(CC)cc12. The van der Waals surface area contributed by atoms with Crippen LogP contribution in [0.3, 0.4) is 0 Å². The summed E-state index contributed by atoms with van der Waals surface area (Å²) < 4.78 is 38.4. The van der Waals surface area contributed by atoms with Crippen LogP contribution in [-0.2, 0) is 20.6 Å². The molecule has 0 fully saturated rings. The molecule has 0 aliphatic carbocycles. The first-order valence-electron chi connectivity index (χ1n) is 12.6. The summed E-state index contributed by atoms with van der Waals surface area (Å²) in [6, 6.07) is 23.7. The molecule has 40 heavy (non-hydrogen) atoms. The first-order valence-corrected chi connectivity index (χ1v) is 14.1. The van der Waals surface area contributed by atoms with Gasteiger partial charge in [0.15, 0.2) is 5.75 Å². The minimum Gasteiger partial charge on any atom is -0.422 e. The Morgan fingerprint density at radius 3 is 1.75 bits per heavy atom. The van der Waals surface area contributed by atoms with E-state index in [1.165, 1.54) is 19.9 Å². The van der Waals surface area contributed by atoms with Crippen LogP contribution in [0.4, 0.5) is 0 Å². The molecule has 0 aliphatic heterocycles. The number of carbonyl (C=O) groups is 2. The van der Waals surface area contributed by atoms with Gasteiger partial charge in [-0.15, -0.1) is 0 Å². The van der Waals surface area contributed by atoms with Gasteiger partial charge in [0.2, 0.25) is 0 Å². The molecule has 0 atom stereocenters. The van der Waals surface area contributed by atoms with E-state index in [9.17, 15) is 14.2 Å². The highest BCUT2D eigenvalue weighted by molar-refractivity contribution is 7.63. The van der Waals surface area contributed by atoms with Crippen LogP contribution in [-0.4, -0.2) is 11.9 Å². The topological polar surface area (TPSA) is 88.1 Å². The second-order valence-electron chi connectivity index (χ2n) is 9.10. The number of carbonyl (C=O) groups excluding carboxylic acids is 2. The number of ether oxygens (including phenoxy) is 2. The Labute approximate surface area is 233 Å². The van der Waals surface area contributed by atoms with E-state index in [1.807, 2.05) is 19.1 Å². The van der Waals surface area contributed by atoms with Gasteiger partial charge in [0.25, 0.3) is 0 Å². The monoisotopic (exact) mass is 556 g/mol. The third kappa shape index (κ3) is 6.33. The molecule has 0 heterocycles. The van der Waals surface area contributed by atoms with Crippen LogP contribution < -0.4 is 23.8 Å². The fourth-order valence-corrected chi connectivity index (χ4v) is 5.46.